The van der Waals surface area contributed by atoms with Crippen molar-refractivity contribution in [3.8, 4) is 11.5 Å². The maximum Gasteiger partial charge on any atom is 0.314 e. The molecule has 154 valence electrons. The number of sulfonamides is 1. The Morgan fingerprint density at radius 1 is 0.931 bits per heavy atom. The number of hydrogen-bond acceptors (Lipinski definition) is 6. The van der Waals surface area contributed by atoms with E-state index in [2.05, 4.69) is 0 Å². The van der Waals surface area contributed by atoms with Gasteiger partial charge in [0, 0.05) is 18.7 Å². The quantitative estimate of drug-likeness (QED) is 0.408. The van der Waals surface area contributed by atoms with Crippen LogP contribution in [0.4, 0.5) is 0 Å². The number of piperidine rings is 1. The molecule has 0 radical (unpaired) electrons. The lowest BCUT2D eigenvalue weighted by molar-refractivity contribution is -0.140. The summed E-state index contributed by atoms with van der Waals surface area (Å²) in [6.45, 7) is 1.90. The summed E-state index contributed by atoms with van der Waals surface area (Å²) in [6.07, 6.45) is 0.777. The summed E-state index contributed by atoms with van der Waals surface area (Å²) in [5, 5.41) is 0. The Hall–Kier alpha value is -2.71. The average molecular weight is 417 g/mol. The number of carbonyl (C=O) groups excluding carboxylic acids is 2. The molecule has 1 saturated heterocycles. The number of benzene rings is 2. The maximum atomic E-state index is 12.8. The standard InChI is InChI=1S/C21H23NO6S/c1-15(23)16-3-9-20(10-4-16)29(25,26)22-13-11-17(12-14-22)21(24)28-19-7-5-18(27-2)6-8-19/h3-10,17H,11-14H2,1-2H3. The van der Waals surface area contributed by atoms with Gasteiger partial charge in [0.25, 0.3) is 0 Å². The molecule has 0 saturated carbocycles. The van der Waals surface area contributed by atoms with Crippen LogP contribution in [-0.2, 0) is 14.8 Å². The van der Waals surface area contributed by atoms with Gasteiger partial charge in [0.2, 0.25) is 10.0 Å². The molecule has 3 rings (SSSR count). The largest absolute Gasteiger partial charge is 0.497 e. The van der Waals surface area contributed by atoms with Crippen LogP contribution in [0.15, 0.2) is 53.4 Å². The number of rotatable bonds is 6. The SMILES string of the molecule is COc1ccc(OC(=O)C2CCN(S(=O)(=O)c3ccc(C(C)=O)cc3)CC2)cc1. The Bertz CT molecular complexity index is 975. The van der Waals surface area contributed by atoms with Crippen molar-refractivity contribution < 1.29 is 27.5 Å². The van der Waals surface area contributed by atoms with Crippen molar-refractivity contribution in [3.05, 3.63) is 54.1 Å². The molecule has 1 fully saturated rings. The first-order valence-electron chi connectivity index (χ1n) is 9.28. The molecule has 0 aromatic heterocycles. The summed E-state index contributed by atoms with van der Waals surface area (Å²) in [6, 6.07) is 12.6. The van der Waals surface area contributed by atoms with Crippen molar-refractivity contribution >= 4 is 21.8 Å². The van der Waals surface area contributed by atoms with Gasteiger partial charge in [0.1, 0.15) is 11.5 Å². The van der Waals surface area contributed by atoms with Crippen molar-refractivity contribution in [2.24, 2.45) is 5.92 Å². The number of methoxy groups -OCH3 is 1. The lowest BCUT2D eigenvalue weighted by atomic mass is 9.98. The van der Waals surface area contributed by atoms with Gasteiger partial charge in [-0.15, -0.1) is 0 Å². The minimum atomic E-state index is -3.66. The first kappa shape index (κ1) is 21.0. The Morgan fingerprint density at radius 3 is 2.00 bits per heavy atom. The summed E-state index contributed by atoms with van der Waals surface area (Å²) >= 11 is 0. The van der Waals surface area contributed by atoms with Crippen LogP contribution in [0.2, 0.25) is 0 Å². The number of carbonyl (C=O) groups is 2. The molecule has 1 aliphatic rings. The van der Waals surface area contributed by atoms with Gasteiger partial charge in [0.05, 0.1) is 17.9 Å². The van der Waals surface area contributed by atoms with Gasteiger partial charge >= 0.3 is 5.97 Å². The van der Waals surface area contributed by atoms with E-state index < -0.39 is 10.0 Å². The molecular weight excluding hydrogens is 394 g/mol. The molecule has 8 heteroatoms. The van der Waals surface area contributed by atoms with E-state index in [1.165, 1.54) is 35.5 Å². The highest BCUT2D eigenvalue weighted by molar-refractivity contribution is 7.89. The Morgan fingerprint density at radius 2 is 1.48 bits per heavy atom. The lowest BCUT2D eigenvalue weighted by Gasteiger charge is -2.30. The molecule has 0 N–H and O–H groups in total. The van der Waals surface area contributed by atoms with E-state index in [0.717, 1.165) is 0 Å². The third-order valence-corrected chi connectivity index (χ3v) is 6.88. The highest BCUT2D eigenvalue weighted by Gasteiger charge is 2.33. The smallest absolute Gasteiger partial charge is 0.314 e. The molecular formula is C21H23NO6S. The molecule has 0 atom stereocenters. The van der Waals surface area contributed by atoms with E-state index in [9.17, 15) is 18.0 Å². The molecule has 1 heterocycles. The van der Waals surface area contributed by atoms with Gasteiger partial charge in [-0.1, -0.05) is 12.1 Å². The average Bonchev–Trinajstić information content (AvgIpc) is 2.74. The molecule has 1 aliphatic heterocycles. The Labute approximate surface area is 170 Å². The number of esters is 1. The van der Waals surface area contributed by atoms with Crippen LogP contribution < -0.4 is 9.47 Å². The van der Waals surface area contributed by atoms with Crippen molar-refractivity contribution in [2.75, 3.05) is 20.2 Å². The number of Topliss-reactive ketones (excluding diaryl/α,β-unsaturated/α-hetero) is 1. The maximum absolute atomic E-state index is 12.8. The molecule has 0 amide bonds. The van der Waals surface area contributed by atoms with Crippen molar-refractivity contribution in [2.45, 2.75) is 24.7 Å². The van der Waals surface area contributed by atoms with Crippen molar-refractivity contribution in [3.63, 3.8) is 0 Å². The minimum Gasteiger partial charge on any atom is -0.497 e. The van der Waals surface area contributed by atoms with Crippen molar-refractivity contribution in [1.29, 1.82) is 0 Å². The van der Waals surface area contributed by atoms with E-state index in [1.54, 1.807) is 31.4 Å². The third-order valence-electron chi connectivity index (χ3n) is 4.96. The van der Waals surface area contributed by atoms with Crippen LogP contribution in [-0.4, -0.2) is 44.7 Å². The van der Waals surface area contributed by atoms with E-state index in [0.29, 0.717) is 29.9 Å². The number of ether oxygens (including phenoxy) is 2. The van der Waals surface area contributed by atoms with Gasteiger partial charge in [-0.3, -0.25) is 9.59 Å². The molecule has 0 aliphatic carbocycles. The van der Waals surface area contributed by atoms with Crippen LogP contribution in [0.3, 0.4) is 0 Å². The fourth-order valence-electron chi connectivity index (χ4n) is 3.19. The third kappa shape index (κ3) is 4.83. The van der Waals surface area contributed by atoms with Crippen molar-refractivity contribution in [1.82, 2.24) is 4.31 Å². The summed E-state index contributed by atoms with van der Waals surface area (Å²) < 4.78 is 37.5. The highest BCUT2D eigenvalue weighted by Crippen LogP contribution is 2.26. The molecule has 7 nitrogen and oxygen atoms in total. The van der Waals surface area contributed by atoms with Gasteiger partial charge in [-0.25, -0.2) is 8.42 Å². The first-order valence-corrected chi connectivity index (χ1v) is 10.7. The minimum absolute atomic E-state index is 0.120. The fraction of sp³-hybridized carbons (Fsp3) is 0.333. The Kier molecular flexibility index (Phi) is 6.34. The molecule has 0 unspecified atom stereocenters. The van der Waals surface area contributed by atoms with Gasteiger partial charge in [0.15, 0.2) is 5.78 Å². The van der Waals surface area contributed by atoms with E-state index in [4.69, 9.17) is 9.47 Å². The molecule has 2 aromatic rings. The Balaban J connectivity index is 1.60. The lowest BCUT2D eigenvalue weighted by Crippen LogP contribution is -2.41. The van der Waals surface area contributed by atoms with Gasteiger partial charge in [-0.2, -0.15) is 4.31 Å². The molecule has 0 spiro atoms. The van der Waals surface area contributed by atoms with E-state index in [1.807, 2.05) is 0 Å². The normalized spacial score (nSPS) is 15.7. The monoisotopic (exact) mass is 417 g/mol. The van der Waals surface area contributed by atoms with Crippen LogP contribution >= 0.6 is 0 Å². The number of nitrogens with zero attached hydrogens (tertiary/aromatic N) is 1. The summed E-state index contributed by atoms with van der Waals surface area (Å²) in [7, 11) is -2.11. The summed E-state index contributed by atoms with van der Waals surface area (Å²) in [5.74, 6) is 0.253. The first-order chi connectivity index (χ1) is 13.8. The zero-order valence-corrected chi connectivity index (χ0v) is 17.1. The molecule has 0 bridgehead atoms. The zero-order valence-electron chi connectivity index (χ0n) is 16.3. The predicted molar refractivity (Wildman–Crippen MR) is 107 cm³/mol. The van der Waals surface area contributed by atoms with Crippen LogP contribution in [0.25, 0.3) is 0 Å². The zero-order chi connectivity index (χ0) is 21.0. The molecule has 2 aromatic carbocycles. The van der Waals surface area contributed by atoms with E-state index >= 15 is 0 Å². The topological polar surface area (TPSA) is 90.0 Å². The highest BCUT2D eigenvalue weighted by atomic mass is 32.2. The van der Waals surface area contributed by atoms with Crippen LogP contribution in [0.5, 0.6) is 11.5 Å². The number of ketones is 1. The predicted octanol–water partition coefficient (Wildman–Crippen LogP) is 2.90. The second-order valence-electron chi connectivity index (χ2n) is 6.86. The fourth-order valence-corrected chi connectivity index (χ4v) is 4.66. The van der Waals surface area contributed by atoms with Crippen LogP contribution in [0, 0.1) is 5.92 Å². The van der Waals surface area contributed by atoms with E-state index in [-0.39, 0.29) is 35.7 Å². The summed E-state index contributed by atoms with van der Waals surface area (Å²) in [5.41, 5.74) is 0.462. The number of hydrogen-bond donors (Lipinski definition) is 0. The second kappa shape index (κ2) is 8.75. The van der Waals surface area contributed by atoms with Crippen LogP contribution in [0.1, 0.15) is 30.1 Å². The van der Waals surface area contributed by atoms with Gasteiger partial charge in [-0.05, 0) is 56.2 Å². The van der Waals surface area contributed by atoms with Gasteiger partial charge < -0.3 is 9.47 Å². The molecule has 29 heavy (non-hydrogen) atoms. The summed E-state index contributed by atoms with van der Waals surface area (Å²) in [4.78, 5) is 23.9. The second-order valence-corrected chi connectivity index (χ2v) is 8.79.